The standard InChI is InChI=1S/C19H21IN6O6S/c1-10(27)22-13-5-6-21-26(13)18-25-24-17(33-18)23-15(28)12-9-11(20)14(16(29)32-12)30-7-8-31-19(2,3)4/h5-6,9H,7-8H2,1-4H3,(H,22,27)(H,23,24,28). The van der Waals surface area contributed by atoms with E-state index < -0.39 is 11.5 Å². The summed E-state index contributed by atoms with van der Waals surface area (Å²) >= 11 is 2.91. The van der Waals surface area contributed by atoms with E-state index in [0.29, 0.717) is 21.1 Å². The maximum absolute atomic E-state index is 12.6. The number of nitrogens with one attached hydrogen (secondary N) is 2. The van der Waals surface area contributed by atoms with Gasteiger partial charge in [-0.1, -0.05) is 11.3 Å². The quantitative estimate of drug-likeness (QED) is 0.299. The van der Waals surface area contributed by atoms with Gasteiger partial charge in [0.05, 0.1) is 22.0 Å². The van der Waals surface area contributed by atoms with Gasteiger partial charge < -0.3 is 19.2 Å². The number of carbonyl (C=O) groups is 2. The fourth-order valence-corrected chi connectivity index (χ4v) is 3.80. The first-order valence-corrected chi connectivity index (χ1v) is 11.5. The second-order valence-corrected chi connectivity index (χ2v) is 9.66. The maximum Gasteiger partial charge on any atom is 0.380 e. The first-order valence-electron chi connectivity index (χ1n) is 9.61. The highest BCUT2D eigenvalue weighted by Crippen LogP contribution is 2.23. The number of anilines is 2. The van der Waals surface area contributed by atoms with E-state index in [-0.39, 0.29) is 34.8 Å². The lowest BCUT2D eigenvalue weighted by Gasteiger charge is -2.19. The van der Waals surface area contributed by atoms with Gasteiger partial charge in [-0.25, -0.2) is 4.79 Å². The molecular formula is C19H21IN6O6S. The summed E-state index contributed by atoms with van der Waals surface area (Å²) in [5.41, 5.74) is -1.10. The Hall–Kier alpha value is -2.85. The highest BCUT2D eigenvalue weighted by atomic mass is 127. The van der Waals surface area contributed by atoms with Crippen LogP contribution in [0.2, 0.25) is 0 Å². The van der Waals surface area contributed by atoms with Gasteiger partial charge in [0.15, 0.2) is 5.76 Å². The molecule has 176 valence electrons. The van der Waals surface area contributed by atoms with E-state index in [1.807, 2.05) is 43.4 Å². The highest BCUT2D eigenvalue weighted by molar-refractivity contribution is 14.1. The van der Waals surface area contributed by atoms with Gasteiger partial charge >= 0.3 is 5.63 Å². The van der Waals surface area contributed by atoms with Crippen molar-refractivity contribution in [2.45, 2.75) is 33.3 Å². The SMILES string of the molecule is CC(=O)Nc1ccnn1-c1nnc(NC(=O)c2cc(I)c(OCCOC(C)(C)C)c(=O)o2)s1. The van der Waals surface area contributed by atoms with Crippen molar-refractivity contribution in [1.82, 2.24) is 20.0 Å². The first-order chi connectivity index (χ1) is 15.5. The molecule has 0 aromatic carbocycles. The summed E-state index contributed by atoms with van der Waals surface area (Å²) in [5, 5.41) is 17.5. The van der Waals surface area contributed by atoms with E-state index in [1.54, 1.807) is 6.07 Å². The summed E-state index contributed by atoms with van der Waals surface area (Å²) in [6, 6.07) is 2.98. The molecule has 0 aliphatic carbocycles. The van der Waals surface area contributed by atoms with Gasteiger partial charge in [-0.2, -0.15) is 9.78 Å². The van der Waals surface area contributed by atoms with Gasteiger partial charge in [0.1, 0.15) is 12.4 Å². The lowest BCUT2D eigenvalue weighted by Crippen LogP contribution is -2.23. The average Bonchev–Trinajstić information content (AvgIpc) is 3.34. The molecule has 0 spiro atoms. The van der Waals surface area contributed by atoms with E-state index in [2.05, 4.69) is 25.9 Å². The Morgan fingerprint density at radius 2 is 2.00 bits per heavy atom. The summed E-state index contributed by atoms with van der Waals surface area (Å²) in [7, 11) is 0. The molecule has 0 aliphatic rings. The van der Waals surface area contributed by atoms with Crippen molar-refractivity contribution in [1.29, 1.82) is 0 Å². The zero-order valence-corrected chi connectivity index (χ0v) is 21.1. The smallest absolute Gasteiger partial charge is 0.380 e. The molecule has 2 N–H and O–H groups in total. The minimum absolute atomic E-state index is 0.00652. The van der Waals surface area contributed by atoms with Crippen molar-refractivity contribution < 1.29 is 23.5 Å². The number of carbonyl (C=O) groups excluding carboxylic acids is 2. The number of halogens is 1. The van der Waals surface area contributed by atoms with Crippen molar-refractivity contribution in [3.8, 4) is 10.9 Å². The van der Waals surface area contributed by atoms with Crippen molar-refractivity contribution in [3.63, 3.8) is 0 Å². The number of amides is 2. The van der Waals surface area contributed by atoms with Gasteiger partial charge in [-0.15, -0.1) is 10.2 Å². The first kappa shape index (κ1) is 24.8. The Morgan fingerprint density at radius 3 is 2.67 bits per heavy atom. The molecule has 3 aromatic rings. The third kappa shape index (κ3) is 6.82. The topological polar surface area (TPSA) is 150 Å². The minimum atomic E-state index is -0.780. The minimum Gasteiger partial charge on any atom is -0.483 e. The number of aromatic nitrogens is 4. The summed E-state index contributed by atoms with van der Waals surface area (Å²) in [4.78, 5) is 36.2. The zero-order valence-electron chi connectivity index (χ0n) is 18.2. The third-order valence-electron chi connectivity index (χ3n) is 3.71. The molecule has 0 bridgehead atoms. The largest absolute Gasteiger partial charge is 0.483 e. The molecule has 0 aliphatic heterocycles. The van der Waals surface area contributed by atoms with E-state index in [9.17, 15) is 14.4 Å². The second-order valence-electron chi connectivity index (χ2n) is 7.54. The number of nitrogens with zero attached hydrogens (tertiary/aromatic N) is 4. The molecule has 0 radical (unpaired) electrons. The molecular weight excluding hydrogens is 567 g/mol. The van der Waals surface area contributed by atoms with Crippen LogP contribution < -0.4 is 21.0 Å². The molecule has 3 aromatic heterocycles. The lowest BCUT2D eigenvalue weighted by molar-refractivity contribution is -0.114. The Morgan fingerprint density at radius 1 is 1.24 bits per heavy atom. The van der Waals surface area contributed by atoms with Gasteiger partial charge in [-0.05, 0) is 43.4 Å². The molecule has 0 atom stereocenters. The van der Waals surface area contributed by atoms with Crippen LogP contribution in [0.25, 0.3) is 5.13 Å². The number of hydrogen-bond acceptors (Lipinski definition) is 10. The van der Waals surface area contributed by atoms with Crippen molar-refractivity contribution >= 4 is 56.7 Å². The predicted molar refractivity (Wildman–Crippen MR) is 128 cm³/mol. The van der Waals surface area contributed by atoms with E-state index >= 15 is 0 Å². The van der Waals surface area contributed by atoms with Crippen molar-refractivity contribution in [2.75, 3.05) is 23.8 Å². The number of rotatable bonds is 8. The molecule has 2 amide bonds. The Kier molecular flexibility index (Phi) is 7.80. The van der Waals surface area contributed by atoms with Crippen LogP contribution in [0.5, 0.6) is 5.75 Å². The second kappa shape index (κ2) is 10.4. The summed E-state index contributed by atoms with van der Waals surface area (Å²) in [5.74, 6) is -0.753. The molecule has 3 heterocycles. The van der Waals surface area contributed by atoms with E-state index in [0.717, 1.165) is 11.3 Å². The molecule has 33 heavy (non-hydrogen) atoms. The third-order valence-corrected chi connectivity index (χ3v) is 5.33. The predicted octanol–water partition coefficient (Wildman–Crippen LogP) is 2.69. The van der Waals surface area contributed by atoms with Crippen molar-refractivity contribution in [3.05, 3.63) is 38.1 Å². The molecule has 0 unspecified atom stereocenters. The van der Waals surface area contributed by atoms with Crippen LogP contribution in [-0.2, 0) is 9.53 Å². The van der Waals surface area contributed by atoms with Crippen LogP contribution in [0.3, 0.4) is 0 Å². The van der Waals surface area contributed by atoms with Crippen LogP contribution in [0.1, 0.15) is 38.2 Å². The van der Waals surface area contributed by atoms with Crippen LogP contribution in [0, 0.1) is 3.57 Å². The average molecular weight is 588 g/mol. The lowest BCUT2D eigenvalue weighted by atomic mass is 10.2. The highest BCUT2D eigenvalue weighted by Gasteiger charge is 2.19. The van der Waals surface area contributed by atoms with E-state index in [4.69, 9.17) is 13.9 Å². The fourth-order valence-electron chi connectivity index (χ4n) is 2.43. The molecule has 0 fully saturated rings. The monoisotopic (exact) mass is 588 g/mol. The van der Waals surface area contributed by atoms with E-state index in [1.165, 1.54) is 23.9 Å². The van der Waals surface area contributed by atoms with Gasteiger partial charge in [0.25, 0.3) is 5.91 Å². The van der Waals surface area contributed by atoms with Crippen LogP contribution in [0.15, 0.2) is 27.5 Å². The fraction of sp³-hybridized carbons (Fsp3) is 0.368. The Bertz CT molecular complexity index is 1210. The molecule has 14 heteroatoms. The summed E-state index contributed by atoms with van der Waals surface area (Å²) in [6.45, 7) is 7.56. The molecule has 3 rings (SSSR count). The van der Waals surface area contributed by atoms with Crippen molar-refractivity contribution in [2.24, 2.45) is 0 Å². The normalized spacial score (nSPS) is 11.3. The zero-order chi connectivity index (χ0) is 24.2. The van der Waals surface area contributed by atoms with Crippen LogP contribution in [-0.4, -0.2) is 50.6 Å². The molecule has 12 nitrogen and oxygen atoms in total. The Labute approximate surface area is 205 Å². The van der Waals surface area contributed by atoms with Gasteiger partial charge in [0.2, 0.25) is 21.9 Å². The summed E-state index contributed by atoms with van der Waals surface area (Å²) in [6.07, 6.45) is 1.49. The van der Waals surface area contributed by atoms with Crippen LogP contribution >= 0.6 is 33.9 Å². The molecule has 0 saturated heterocycles. The number of ether oxygens (including phenoxy) is 2. The summed E-state index contributed by atoms with van der Waals surface area (Å²) < 4.78 is 17.9. The van der Waals surface area contributed by atoms with Gasteiger partial charge in [0, 0.05) is 19.1 Å². The Balaban J connectivity index is 1.67. The number of hydrogen-bond donors (Lipinski definition) is 2. The maximum atomic E-state index is 12.6. The van der Waals surface area contributed by atoms with Gasteiger partial charge in [-0.3, -0.25) is 14.9 Å². The van der Waals surface area contributed by atoms with Crippen LogP contribution in [0.4, 0.5) is 10.9 Å². The molecule has 0 saturated carbocycles.